The minimum absolute atomic E-state index is 0.151. The molecule has 164 valence electrons. The van der Waals surface area contributed by atoms with Crippen LogP contribution in [0.1, 0.15) is 22.3 Å². The molecule has 0 radical (unpaired) electrons. The number of carbonyl (C=O) groups excluding carboxylic acids is 2. The Morgan fingerprint density at radius 1 is 1.00 bits per heavy atom. The fourth-order valence-corrected chi connectivity index (χ4v) is 3.89. The smallest absolute Gasteiger partial charge is 0.411 e. The number of nitrogens with one attached hydrogen (secondary N) is 1. The number of aryl methyl sites for hydroxylation is 1. The van der Waals surface area contributed by atoms with Crippen molar-refractivity contribution in [3.63, 3.8) is 0 Å². The van der Waals surface area contributed by atoms with Crippen molar-refractivity contribution >= 4 is 17.7 Å². The lowest BCUT2D eigenvalue weighted by atomic mass is 9.93. The number of hydrogen-bond donors (Lipinski definition) is 1. The largest absolute Gasteiger partial charge is 0.495 e. The van der Waals surface area contributed by atoms with E-state index in [1.165, 1.54) is 4.90 Å². The van der Waals surface area contributed by atoms with Crippen molar-refractivity contribution in [2.45, 2.75) is 32.5 Å². The molecular weight excluding hydrogens is 404 g/mol. The number of benzene rings is 3. The molecule has 1 N–H and O–H groups in total. The summed E-state index contributed by atoms with van der Waals surface area (Å²) in [5.41, 5.74) is 4.53. The van der Waals surface area contributed by atoms with Gasteiger partial charge in [-0.2, -0.15) is 0 Å². The number of carbonyl (C=O) groups is 2. The van der Waals surface area contributed by atoms with Crippen LogP contribution in [-0.4, -0.2) is 30.1 Å². The van der Waals surface area contributed by atoms with Gasteiger partial charge in [-0.3, -0.25) is 9.69 Å². The predicted octanol–water partition coefficient (Wildman–Crippen LogP) is 4.71. The predicted molar refractivity (Wildman–Crippen MR) is 122 cm³/mol. The second kappa shape index (κ2) is 9.56. The maximum atomic E-state index is 13.3. The Labute approximate surface area is 187 Å². The molecule has 6 heteroatoms. The standard InChI is InChI=1S/C26H26N2O4/c1-18-12-13-24(31-2)22(14-18)27-25(29)23-15-20-10-6-7-11-21(20)16-28(23)26(30)32-17-19-8-4-3-5-9-19/h3-14,23H,15-17H2,1-2H3,(H,27,29)/t23-/m0/s1. The zero-order valence-corrected chi connectivity index (χ0v) is 18.2. The van der Waals surface area contributed by atoms with Gasteiger partial charge in [0.15, 0.2) is 0 Å². The molecule has 0 aliphatic carbocycles. The molecule has 0 spiro atoms. The number of anilines is 1. The monoisotopic (exact) mass is 430 g/mol. The highest BCUT2D eigenvalue weighted by molar-refractivity contribution is 5.98. The topological polar surface area (TPSA) is 67.9 Å². The van der Waals surface area contributed by atoms with E-state index in [2.05, 4.69) is 5.32 Å². The van der Waals surface area contributed by atoms with Gasteiger partial charge in [0.05, 0.1) is 19.3 Å². The second-order valence-corrected chi connectivity index (χ2v) is 7.85. The van der Waals surface area contributed by atoms with Gasteiger partial charge in [-0.05, 0) is 41.3 Å². The molecule has 6 nitrogen and oxygen atoms in total. The number of rotatable bonds is 5. The van der Waals surface area contributed by atoms with Gasteiger partial charge in [0, 0.05) is 6.42 Å². The summed E-state index contributed by atoms with van der Waals surface area (Å²) in [6.07, 6.45) is -0.101. The molecule has 0 unspecified atom stereocenters. The van der Waals surface area contributed by atoms with E-state index < -0.39 is 12.1 Å². The van der Waals surface area contributed by atoms with Crippen molar-refractivity contribution in [3.8, 4) is 5.75 Å². The second-order valence-electron chi connectivity index (χ2n) is 7.85. The minimum Gasteiger partial charge on any atom is -0.495 e. The van der Waals surface area contributed by atoms with E-state index >= 15 is 0 Å². The van der Waals surface area contributed by atoms with Crippen molar-refractivity contribution in [2.24, 2.45) is 0 Å². The Kier molecular flexibility index (Phi) is 6.40. The molecule has 1 atom stereocenters. The number of fused-ring (bicyclic) bond motifs is 1. The molecule has 4 rings (SSSR count). The molecule has 1 aliphatic heterocycles. The molecule has 1 aliphatic rings. The molecular formula is C26H26N2O4. The molecule has 3 aromatic carbocycles. The van der Waals surface area contributed by atoms with Gasteiger partial charge in [-0.15, -0.1) is 0 Å². The van der Waals surface area contributed by atoms with Crippen LogP contribution in [0.4, 0.5) is 10.5 Å². The summed E-state index contributed by atoms with van der Waals surface area (Å²) < 4.78 is 10.9. The quantitative estimate of drug-likeness (QED) is 0.637. The number of ether oxygens (including phenoxy) is 2. The Morgan fingerprint density at radius 3 is 2.47 bits per heavy atom. The van der Waals surface area contributed by atoms with Gasteiger partial charge in [0.25, 0.3) is 0 Å². The van der Waals surface area contributed by atoms with Gasteiger partial charge >= 0.3 is 6.09 Å². The van der Waals surface area contributed by atoms with Crippen LogP contribution in [0.2, 0.25) is 0 Å². The summed E-state index contributed by atoms with van der Waals surface area (Å²) >= 11 is 0. The molecule has 0 saturated carbocycles. The molecule has 32 heavy (non-hydrogen) atoms. The first-order valence-corrected chi connectivity index (χ1v) is 10.5. The van der Waals surface area contributed by atoms with Crippen LogP contribution in [0.15, 0.2) is 72.8 Å². The van der Waals surface area contributed by atoms with E-state index in [1.54, 1.807) is 7.11 Å². The van der Waals surface area contributed by atoms with E-state index in [9.17, 15) is 9.59 Å². The van der Waals surface area contributed by atoms with E-state index in [-0.39, 0.29) is 12.5 Å². The summed E-state index contributed by atoms with van der Waals surface area (Å²) in [6, 6.07) is 22.2. The van der Waals surface area contributed by atoms with E-state index in [0.717, 1.165) is 22.3 Å². The van der Waals surface area contributed by atoms with Crippen molar-refractivity contribution in [1.29, 1.82) is 0 Å². The normalized spacial score (nSPS) is 14.9. The maximum absolute atomic E-state index is 13.3. The Bertz CT molecular complexity index is 1110. The first-order valence-electron chi connectivity index (χ1n) is 10.5. The lowest BCUT2D eigenvalue weighted by Gasteiger charge is -2.35. The molecule has 2 amide bonds. The Morgan fingerprint density at radius 2 is 1.72 bits per heavy atom. The summed E-state index contributed by atoms with van der Waals surface area (Å²) in [5, 5.41) is 2.95. The Balaban J connectivity index is 1.56. The summed E-state index contributed by atoms with van der Waals surface area (Å²) in [6.45, 7) is 2.41. The number of hydrogen-bond acceptors (Lipinski definition) is 4. The first-order chi connectivity index (χ1) is 15.5. The SMILES string of the molecule is COc1ccc(C)cc1NC(=O)[C@@H]1Cc2ccccc2CN1C(=O)OCc1ccccc1. The molecule has 3 aromatic rings. The number of amides is 2. The third kappa shape index (κ3) is 4.75. The average molecular weight is 431 g/mol. The van der Waals surface area contributed by atoms with Crippen molar-refractivity contribution in [2.75, 3.05) is 12.4 Å². The van der Waals surface area contributed by atoms with Crippen LogP contribution in [0.5, 0.6) is 5.75 Å². The van der Waals surface area contributed by atoms with Crippen LogP contribution in [-0.2, 0) is 29.1 Å². The summed E-state index contributed by atoms with van der Waals surface area (Å²) in [7, 11) is 1.56. The highest BCUT2D eigenvalue weighted by Gasteiger charge is 2.36. The van der Waals surface area contributed by atoms with Crippen molar-refractivity contribution in [3.05, 3.63) is 95.1 Å². The molecule has 1 heterocycles. The molecule has 0 saturated heterocycles. The summed E-state index contributed by atoms with van der Waals surface area (Å²) in [4.78, 5) is 27.9. The molecule has 0 bridgehead atoms. The van der Waals surface area contributed by atoms with Crippen LogP contribution >= 0.6 is 0 Å². The fourth-order valence-electron chi connectivity index (χ4n) is 3.89. The third-order valence-electron chi connectivity index (χ3n) is 5.60. The zero-order chi connectivity index (χ0) is 22.5. The first kappa shape index (κ1) is 21.4. The van der Waals surface area contributed by atoms with Gasteiger partial charge in [-0.25, -0.2) is 4.79 Å². The Hall–Kier alpha value is -3.80. The zero-order valence-electron chi connectivity index (χ0n) is 18.2. The minimum atomic E-state index is -0.696. The maximum Gasteiger partial charge on any atom is 0.411 e. The highest BCUT2D eigenvalue weighted by atomic mass is 16.6. The number of nitrogens with zero attached hydrogens (tertiary/aromatic N) is 1. The molecule has 0 aromatic heterocycles. The summed E-state index contributed by atoms with van der Waals surface area (Å²) in [5.74, 6) is 0.290. The van der Waals surface area contributed by atoms with Gasteiger partial charge in [-0.1, -0.05) is 60.7 Å². The van der Waals surface area contributed by atoms with Gasteiger partial charge in [0.2, 0.25) is 5.91 Å². The average Bonchev–Trinajstić information content (AvgIpc) is 2.82. The van der Waals surface area contributed by atoms with E-state index in [0.29, 0.717) is 24.4 Å². The van der Waals surface area contributed by atoms with Gasteiger partial charge in [0.1, 0.15) is 18.4 Å². The lowest BCUT2D eigenvalue weighted by molar-refractivity contribution is -0.121. The van der Waals surface area contributed by atoms with E-state index in [1.807, 2.05) is 79.7 Å². The van der Waals surface area contributed by atoms with Crippen LogP contribution < -0.4 is 10.1 Å². The fraction of sp³-hybridized carbons (Fsp3) is 0.231. The van der Waals surface area contributed by atoms with E-state index in [4.69, 9.17) is 9.47 Å². The van der Waals surface area contributed by atoms with Crippen LogP contribution in [0.3, 0.4) is 0 Å². The lowest BCUT2D eigenvalue weighted by Crippen LogP contribution is -2.50. The van der Waals surface area contributed by atoms with Crippen LogP contribution in [0, 0.1) is 6.92 Å². The van der Waals surface area contributed by atoms with Crippen LogP contribution in [0.25, 0.3) is 0 Å². The molecule has 0 fully saturated rings. The van der Waals surface area contributed by atoms with Crippen molar-refractivity contribution < 1.29 is 19.1 Å². The third-order valence-corrected chi connectivity index (χ3v) is 5.60. The van der Waals surface area contributed by atoms with Crippen molar-refractivity contribution in [1.82, 2.24) is 4.90 Å². The highest BCUT2D eigenvalue weighted by Crippen LogP contribution is 2.28. The van der Waals surface area contributed by atoms with Gasteiger partial charge < -0.3 is 14.8 Å². The number of methoxy groups -OCH3 is 1.